The van der Waals surface area contributed by atoms with Crippen molar-refractivity contribution in [2.45, 2.75) is 38.2 Å². The number of thiophene rings is 1. The minimum absolute atomic E-state index is 0.138. The first-order valence-electron chi connectivity index (χ1n) is 13.6. The van der Waals surface area contributed by atoms with Gasteiger partial charge in [0.25, 0.3) is 5.79 Å². The Bertz CT molecular complexity index is 1830. The Morgan fingerprint density at radius 1 is 1.17 bits per heavy atom. The molecule has 5 aromatic rings. The van der Waals surface area contributed by atoms with Crippen molar-refractivity contribution in [3.8, 4) is 22.6 Å². The summed E-state index contributed by atoms with van der Waals surface area (Å²) < 4.78 is 39.9. The summed E-state index contributed by atoms with van der Waals surface area (Å²) in [6.07, 6.45) is 1.75. The fourth-order valence-electron chi connectivity index (χ4n) is 5.44. The molecule has 2 aromatic heterocycles. The number of imidazole rings is 1. The van der Waals surface area contributed by atoms with Gasteiger partial charge in [-0.3, -0.25) is 0 Å². The summed E-state index contributed by atoms with van der Waals surface area (Å²) in [4.78, 5) is 18.3. The molecular formula is C32H26ClFN2O5S. The number of aromatic nitrogens is 2. The third-order valence-electron chi connectivity index (χ3n) is 7.72. The minimum Gasteiger partial charge on any atom is -0.465 e. The highest BCUT2D eigenvalue weighted by molar-refractivity contribution is 7.20. The molecule has 7 nitrogen and oxygen atoms in total. The molecule has 42 heavy (non-hydrogen) atoms. The van der Waals surface area contributed by atoms with Crippen molar-refractivity contribution in [2.24, 2.45) is 0 Å². The van der Waals surface area contributed by atoms with E-state index in [2.05, 4.69) is 16.7 Å². The second-order valence-electron chi connectivity index (χ2n) is 10.5. The Kier molecular flexibility index (Phi) is 6.68. The van der Waals surface area contributed by atoms with Crippen LogP contribution in [0.5, 0.6) is 11.5 Å². The molecule has 10 heteroatoms. The van der Waals surface area contributed by atoms with Gasteiger partial charge in [0.15, 0.2) is 11.5 Å². The molecule has 0 bridgehead atoms. The van der Waals surface area contributed by atoms with Crippen LogP contribution in [-0.4, -0.2) is 35.3 Å². The van der Waals surface area contributed by atoms with Crippen LogP contribution in [0.3, 0.4) is 0 Å². The van der Waals surface area contributed by atoms with Crippen molar-refractivity contribution in [1.29, 1.82) is 0 Å². The number of carbonyl (C=O) groups excluding carboxylic acids is 1. The van der Waals surface area contributed by atoms with Gasteiger partial charge in [-0.05, 0) is 47.9 Å². The van der Waals surface area contributed by atoms with Crippen LogP contribution < -0.4 is 9.47 Å². The van der Waals surface area contributed by atoms with E-state index >= 15 is 0 Å². The van der Waals surface area contributed by atoms with Gasteiger partial charge in [0.1, 0.15) is 21.3 Å². The molecule has 2 atom stereocenters. The molecule has 0 saturated carbocycles. The zero-order valence-electron chi connectivity index (χ0n) is 22.9. The molecule has 4 heterocycles. The first-order chi connectivity index (χ1) is 20.3. The number of esters is 1. The lowest BCUT2D eigenvalue weighted by Crippen LogP contribution is -2.32. The Balaban J connectivity index is 1.16. The topological polar surface area (TPSA) is 71.8 Å². The lowest BCUT2D eigenvalue weighted by Gasteiger charge is -2.27. The van der Waals surface area contributed by atoms with E-state index < -0.39 is 11.6 Å². The van der Waals surface area contributed by atoms with Crippen molar-refractivity contribution in [3.63, 3.8) is 0 Å². The summed E-state index contributed by atoms with van der Waals surface area (Å²) in [6.45, 7) is 3.14. The number of hydrogen-bond donors (Lipinski definition) is 0. The van der Waals surface area contributed by atoms with Crippen molar-refractivity contribution >= 4 is 39.3 Å². The van der Waals surface area contributed by atoms with Crippen LogP contribution >= 0.6 is 22.9 Å². The number of hydrogen-bond acceptors (Lipinski definition) is 7. The maximum atomic E-state index is 14.8. The monoisotopic (exact) mass is 604 g/mol. The number of methoxy groups -OCH3 is 1. The number of ether oxygens (including phenoxy) is 4. The number of nitrogens with zero attached hydrogens (tertiary/aromatic N) is 2. The predicted molar refractivity (Wildman–Crippen MR) is 158 cm³/mol. The van der Waals surface area contributed by atoms with E-state index in [4.69, 9.17) is 35.5 Å². The normalized spacial score (nSPS) is 19.2. The maximum absolute atomic E-state index is 14.8. The molecule has 7 rings (SSSR count). The second kappa shape index (κ2) is 10.4. The first kappa shape index (κ1) is 26.9. The Hall–Kier alpha value is -3.92. The molecule has 0 radical (unpaired) electrons. The molecule has 0 amide bonds. The number of rotatable bonds is 7. The molecule has 0 spiro atoms. The van der Waals surface area contributed by atoms with Crippen molar-refractivity contribution in [1.82, 2.24) is 9.55 Å². The van der Waals surface area contributed by atoms with Gasteiger partial charge in [-0.1, -0.05) is 48.0 Å². The van der Waals surface area contributed by atoms with Crippen LogP contribution in [0.1, 0.15) is 40.0 Å². The van der Waals surface area contributed by atoms with Crippen LogP contribution in [0.4, 0.5) is 4.39 Å². The maximum Gasteiger partial charge on any atom is 0.348 e. The lowest BCUT2D eigenvalue weighted by atomic mass is 10.0. The smallest absolute Gasteiger partial charge is 0.348 e. The van der Waals surface area contributed by atoms with E-state index in [1.807, 2.05) is 36.4 Å². The van der Waals surface area contributed by atoms with E-state index in [0.717, 1.165) is 45.9 Å². The largest absolute Gasteiger partial charge is 0.465 e. The summed E-state index contributed by atoms with van der Waals surface area (Å²) in [5, 5.41) is 0.306. The fourth-order valence-corrected chi connectivity index (χ4v) is 6.57. The summed E-state index contributed by atoms with van der Waals surface area (Å²) in [5.41, 5.74) is 4.05. The van der Waals surface area contributed by atoms with Gasteiger partial charge in [0, 0.05) is 30.5 Å². The van der Waals surface area contributed by atoms with Gasteiger partial charge in [0.05, 0.1) is 30.8 Å². The first-order valence-corrected chi connectivity index (χ1v) is 14.8. The third kappa shape index (κ3) is 4.71. The fraction of sp³-hybridized carbons (Fsp3) is 0.250. The molecule has 214 valence electrons. The van der Waals surface area contributed by atoms with Crippen LogP contribution in [0, 0.1) is 5.82 Å². The molecule has 0 N–H and O–H groups in total. The Morgan fingerprint density at radius 3 is 2.69 bits per heavy atom. The average Bonchev–Trinajstić information content (AvgIpc) is 3.61. The standard InChI is InChI=1S/C32H26ClFN2O5S/c1-32(23-11-10-20(33)15-24(23)34)40-26-5-3-4-22(29(26)41-32)19-8-6-18(7-9-19)14-28-35-30-25(16-27(42-30)31(37)38-2)36(28)17-21-12-13-39-21/h3-11,15-16,21H,12-14,17H2,1-2H3. The Morgan fingerprint density at radius 2 is 1.98 bits per heavy atom. The van der Waals surface area contributed by atoms with Gasteiger partial charge in [-0.2, -0.15) is 0 Å². The molecule has 2 aliphatic rings. The van der Waals surface area contributed by atoms with E-state index in [1.54, 1.807) is 19.1 Å². The zero-order valence-corrected chi connectivity index (χ0v) is 24.4. The van der Waals surface area contributed by atoms with Crippen LogP contribution in [0.25, 0.3) is 21.5 Å². The van der Waals surface area contributed by atoms with Crippen molar-refractivity contribution in [2.75, 3.05) is 13.7 Å². The summed E-state index contributed by atoms with van der Waals surface area (Å²) in [6, 6.07) is 20.2. The number of para-hydroxylation sites is 1. The molecular weight excluding hydrogens is 579 g/mol. The summed E-state index contributed by atoms with van der Waals surface area (Å²) in [7, 11) is 1.38. The molecule has 1 saturated heterocycles. The number of halogens is 2. The van der Waals surface area contributed by atoms with E-state index in [0.29, 0.717) is 34.4 Å². The van der Waals surface area contributed by atoms with Gasteiger partial charge in [-0.15, -0.1) is 11.3 Å². The highest BCUT2D eigenvalue weighted by Gasteiger charge is 2.42. The number of benzene rings is 3. The number of fused-ring (bicyclic) bond motifs is 2. The second-order valence-corrected chi connectivity index (χ2v) is 12.0. The molecule has 1 fully saturated rings. The van der Waals surface area contributed by atoms with Gasteiger partial charge in [-0.25, -0.2) is 14.2 Å². The molecule has 3 aromatic carbocycles. The van der Waals surface area contributed by atoms with Crippen molar-refractivity contribution < 1.29 is 28.1 Å². The van der Waals surface area contributed by atoms with Gasteiger partial charge < -0.3 is 23.5 Å². The highest BCUT2D eigenvalue weighted by atomic mass is 35.5. The molecule has 2 aliphatic heterocycles. The van der Waals surface area contributed by atoms with E-state index in [9.17, 15) is 9.18 Å². The third-order valence-corrected chi connectivity index (χ3v) is 8.95. The summed E-state index contributed by atoms with van der Waals surface area (Å²) in [5.74, 6) is -0.169. The molecule has 0 aliphatic carbocycles. The minimum atomic E-state index is -1.32. The average molecular weight is 605 g/mol. The molecule has 2 unspecified atom stereocenters. The van der Waals surface area contributed by atoms with Crippen molar-refractivity contribution in [3.05, 3.63) is 99.4 Å². The number of carbonyl (C=O) groups is 1. The zero-order chi connectivity index (χ0) is 29.0. The Labute approximate surface area is 250 Å². The van der Waals surface area contributed by atoms with E-state index in [-0.39, 0.29) is 17.6 Å². The van der Waals surface area contributed by atoms with Gasteiger partial charge in [0.2, 0.25) is 0 Å². The van der Waals surface area contributed by atoms with Gasteiger partial charge >= 0.3 is 5.97 Å². The SMILES string of the molecule is COC(=O)c1cc2c(nc(Cc3ccc(-c4cccc5c4OC(C)(c4ccc(Cl)cc4F)O5)cc3)n2CC2CCO2)s1. The van der Waals surface area contributed by atoms with E-state index in [1.165, 1.54) is 24.5 Å². The van der Waals surface area contributed by atoms with Crippen LogP contribution in [-0.2, 0) is 28.2 Å². The quantitative estimate of drug-likeness (QED) is 0.181. The predicted octanol–water partition coefficient (Wildman–Crippen LogP) is 7.37. The van der Waals surface area contributed by atoms with Crippen LogP contribution in [0.2, 0.25) is 5.02 Å². The summed E-state index contributed by atoms with van der Waals surface area (Å²) >= 11 is 7.29. The van der Waals surface area contributed by atoms with Crippen LogP contribution in [0.15, 0.2) is 66.7 Å². The highest BCUT2D eigenvalue weighted by Crippen LogP contribution is 2.49. The lowest BCUT2D eigenvalue weighted by molar-refractivity contribution is -0.0705.